The average molecular weight is 418 g/mol. The number of carbonyl (C=O) groups is 2. The SMILES string of the molecule is CCOC(=O)c1cc([C@H](C)CC(C)(C)C)sc1NC(=O)[C@H](C)Oc1ccccc1. The number of hydrogen-bond donors (Lipinski definition) is 1. The minimum atomic E-state index is -0.704. The smallest absolute Gasteiger partial charge is 0.341 e. The second-order valence-electron chi connectivity index (χ2n) is 8.34. The Morgan fingerprint density at radius 2 is 1.79 bits per heavy atom. The molecule has 0 spiro atoms. The molecule has 158 valence electrons. The molecule has 1 aromatic carbocycles. The van der Waals surface area contributed by atoms with Crippen LogP contribution in [-0.4, -0.2) is 24.6 Å². The van der Waals surface area contributed by atoms with Crippen LogP contribution in [0.4, 0.5) is 5.00 Å². The van der Waals surface area contributed by atoms with Gasteiger partial charge < -0.3 is 14.8 Å². The maximum absolute atomic E-state index is 12.7. The summed E-state index contributed by atoms with van der Waals surface area (Å²) in [7, 11) is 0. The Balaban J connectivity index is 2.20. The fourth-order valence-electron chi connectivity index (χ4n) is 3.10. The zero-order chi connectivity index (χ0) is 21.6. The Labute approximate surface area is 177 Å². The van der Waals surface area contributed by atoms with Gasteiger partial charge in [0.1, 0.15) is 10.8 Å². The Morgan fingerprint density at radius 1 is 1.14 bits per heavy atom. The molecule has 2 atom stereocenters. The number of anilines is 1. The third kappa shape index (κ3) is 6.89. The van der Waals surface area contributed by atoms with Gasteiger partial charge in [0.15, 0.2) is 6.10 Å². The molecule has 0 bridgehead atoms. The predicted octanol–water partition coefficient (Wildman–Crippen LogP) is 5.87. The van der Waals surface area contributed by atoms with E-state index in [9.17, 15) is 9.59 Å². The molecule has 0 saturated carbocycles. The van der Waals surface area contributed by atoms with Crippen molar-refractivity contribution in [3.63, 3.8) is 0 Å². The van der Waals surface area contributed by atoms with Crippen molar-refractivity contribution < 1.29 is 19.1 Å². The van der Waals surface area contributed by atoms with E-state index in [1.807, 2.05) is 24.3 Å². The van der Waals surface area contributed by atoms with Gasteiger partial charge in [-0.1, -0.05) is 45.9 Å². The molecule has 0 saturated heterocycles. The third-order valence-corrected chi connectivity index (χ3v) is 5.59. The molecule has 0 radical (unpaired) electrons. The van der Waals surface area contributed by atoms with Crippen molar-refractivity contribution in [1.29, 1.82) is 0 Å². The Morgan fingerprint density at radius 3 is 2.38 bits per heavy atom. The molecular formula is C23H31NO4S. The maximum Gasteiger partial charge on any atom is 0.341 e. The summed E-state index contributed by atoms with van der Waals surface area (Å²) in [5.74, 6) is 0.143. The Bertz CT molecular complexity index is 823. The summed E-state index contributed by atoms with van der Waals surface area (Å²) in [4.78, 5) is 26.2. The molecule has 1 aromatic heterocycles. The molecule has 0 aliphatic rings. The van der Waals surface area contributed by atoms with Crippen molar-refractivity contribution in [3.05, 3.63) is 46.8 Å². The van der Waals surface area contributed by atoms with Crippen molar-refractivity contribution in [3.8, 4) is 5.75 Å². The average Bonchev–Trinajstić information content (AvgIpc) is 3.05. The third-order valence-electron chi connectivity index (χ3n) is 4.31. The number of hydrogen-bond acceptors (Lipinski definition) is 5. The first kappa shape index (κ1) is 22.9. The molecule has 2 rings (SSSR count). The maximum atomic E-state index is 12.7. The minimum absolute atomic E-state index is 0.162. The van der Waals surface area contributed by atoms with E-state index in [2.05, 4.69) is 33.0 Å². The first-order valence-electron chi connectivity index (χ1n) is 9.94. The van der Waals surface area contributed by atoms with Gasteiger partial charge in [0.05, 0.1) is 12.2 Å². The zero-order valence-electron chi connectivity index (χ0n) is 18.1. The van der Waals surface area contributed by atoms with E-state index in [1.165, 1.54) is 11.3 Å². The van der Waals surface area contributed by atoms with Gasteiger partial charge in [-0.05, 0) is 49.8 Å². The van der Waals surface area contributed by atoms with Crippen LogP contribution in [0.15, 0.2) is 36.4 Å². The van der Waals surface area contributed by atoms with Crippen LogP contribution >= 0.6 is 11.3 Å². The van der Waals surface area contributed by atoms with Crippen molar-refractivity contribution in [2.75, 3.05) is 11.9 Å². The van der Waals surface area contributed by atoms with Crippen molar-refractivity contribution >= 4 is 28.2 Å². The van der Waals surface area contributed by atoms with E-state index in [1.54, 1.807) is 26.0 Å². The van der Waals surface area contributed by atoms with Crippen LogP contribution in [0.5, 0.6) is 5.75 Å². The number of carbonyl (C=O) groups excluding carboxylic acids is 2. The highest BCUT2D eigenvalue weighted by Gasteiger charge is 2.25. The van der Waals surface area contributed by atoms with Gasteiger partial charge in [-0.25, -0.2) is 4.79 Å². The van der Waals surface area contributed by atoms with E-state index in [0.717, 1.165) is 11.3 Å². The number of benzene rings is 1. The Hall–Kier alpha value is -2.34. The van der Waals surface area contributed by atoms with E-state index >= 15 is 0 Å². The normalized spacial score (nSPS) is 13.4. The lowest BCUT2D eigenvalue weighted by atomic mass is 9.85. The number of amides is 1. The molecule has 1 amide bonds. The molecule has 6 heteroatoms. The number of para-hydroxylation sites is 1. The van der Waals surface area contributed by atoms with E-state index < -0.39 is 12.1 Å². The standard InChI is InChI=1S/C23H31NO4S/c1-7-27-22(26)18-13-19(15(2)14-23(4,5)6)29-21(18)24-20(25)16(3)28-17-11-9-8-10-12-17/h8-13,15-16H,7,14H2,1-6H3,(H,24,25)/t15-,16+/m1/s1. The molecule has 0 fully saturated rings. The lowest BCUT2D eigenvalue weighted by Gasteiger charge is -2.22. The summed E-state index contributed by atoms with van der Waals surface area (Å²) in [6, 6.07) is 11.0. The van der Waals surface area contributed by atoms with Crippen molar-refractivity contribution in [2.45, 2.75) is 60.0 Å². The monoisotopic (exact) mass is 417 g/mol. The predicted molar refractivity (Wildman–Crippen MR) is 118 cm³/mol. The summed E-state index contributed by atoms with van der Waals surface area (Å²) < 4.78 is 10.9. The number of ether oxygens (including phenoxy) is 2. The van der Waals surface area contributed by atoms with Crippen LogP contribution in [0.1, 0.15) is 69.1 Å². The van der Waals surface area contributed by atoms with Crippen LogP contribution < -0.4 is 10.1 Å². The first-order chi connectivity index (χ1) is 13.6. The first-order valence-corrected chi connectivity index (χ1v) is 10.8. The fourth-order valence-corrected chi connectivity index (χ4v) is 4.20. The van der Waals surface area contributed by atoms with Crippen LogP contribution in [0, 0.1) is 5.41 Å². The summed E-state index contributed by atoms with van der Waals surface area (Å²) in [6.07, 6.45) is 0.265. The van der Waals surface area contributed by atoms with Crippen LogP contribution in [0.3, 0.4) is 0 Å². The topological polar surface area (TPSA) is 64.6 Å². The van der Waals surface area contributed by atoms with Gasteiger partial charge in [-0.2, -0.15) is 0 Å². The van der Waals surface area contributed by atoms with Gasteiger partial charge in [0, 0.05) is 4.88 Å². The largest absolute Gasteiger partial charge is 0.481 e. The highest BCUT2D eigenvalue weighted by molar-refractivity contribution is 7.16. The zero-order valence-corrected chi connectivity index (χ0v) is 18.9. The number of thiophene rings is 1. The highest BCUT2D eigenvalue weighted by Crippen LogP contribution is 2.38. The summed E-state index contributed by atoms with van der Waals surface area (Å²) in [5, 5.41) is 3.37. The highest BCUT2D eigenvalue weighted by atomic mass is 32.1. The lowest BCUT2D eigenvalue weighted by Crippen LogP contribution is -2.30. The Kier molecular flexibility index (Phi) is 7.85. The molecule has 29 heavy (non-hydrogen) atoms. The van der Waals surface area contributed by atoms with E-state index in [4.69, 9.17) is 9.47 Å². The van der Waals surface area contributed by atoms with E-state index in [0.29, 0.717) is 16.3 Å². The summed E-state index contributed by atoms with van der Waals surface area (Å²) in [6.45, 7) is 12.4. The van der Waals surface area contributed by atoms with Gasteiger partial charge in [-0.15, -0.1) is 11.3 Å². The molecular weight excluding hydrogens is 386 g/mol. The summed E-state index contributed by atoms with van der Waals surface area (Å²) >= 11 is 1.43. The van der Waals surface area contributed by atoms with Gasteiger partial charge in [-0.3, -0.25) is 4.79 Å². The van der Waals surface area contributed by atoms with Gasteiger partial charge >= 0.3 is 5.97 Å². The number of rotatable bonds is 8. The molecule has 0 aliphatic heterocycles. The van der Waals surface area contributed by atoms with Crippen LogP contribution in [0.2, 0.25) is 0 Å². The fraction of sp³-hybridized carbons (Fsp3) is 0.478. The lowest BCUT2D eigenvalue weighted by molar-refractivity contribution is -0.122. The molecule has 1 heterocycles. The van der Waals surface area contributed by atoms with Crippen LogP contribution in [0.25, 0.3) is 0 Å². The molecule has 2 aromatic rings. The van der Waals surface area contributed by atoms with Gasteiger partial charge in [0.2, 0.25) is 0 Å². The second kappa shape index (κ2) is 9.92. The quantitative estimate of drug-likeness (QED) is 0.546. The second-order valence-corrected chi connectivity index (χ2v) is 9.42. The van der Waals surface area contributed by atoms with Crippen molar-refractivity contribution in [1.82, 2.24) is 0 Å². The molecule has 5 nitrogen and oxygen atoms in total. The van der Waals surface area contributed by atoms with Gasteiger partial charge in [0.25, 0.3) is 5.91 Å². The summed E-state index contributed by atoms with van der Waals surface area (Å²) in [5.41, 5.74) is 0.558. The van der Waals surface area contributed by atoms with E-state index in [-0.39, 0.29) is 23.8 Å². The van der Waals surface area contributed by atoms with Crippen LogP contribution in [-0.2, 0) is 9.53 Å². The molecule has 1 N–H and O–H groups in total. The molecule has 0 unspecified atom stereocenters. The molecule has 0 aliphatic carbocycles. The van der Waals surface area contributed by atoms with Crippen molar-refractivity contribution in [2.24, 2.45) is 5.41 Å². The number of nitrogens with one attached hydrogen (secondary N) is 1. The minimum Gasteiger partial charge on any atom is -0.481 e. The number of esters is 1.